The third kappa shape index (κ3) is 3.18. The lowest BCUT2D eigenvalue weighted by Crippen LogP contribution is -2.11. The van der Waals surface area contributed by atoms with Gasteiger partial charge in [-0.25, -0.2) is 0 Å². The van der Waals surface area contributed by atoms with E-state index in [0.717, 1.165) is 5.69 Å². The number of nitrogens with two attached hydrogens (primary N) is 1. The van der Waals surface area contributed by atoms with E-state index in [1.807, 2.05) is 12.1 Å². The standard InChI is InChI=1S/C17H20N2O/c1-11-4-5-12(2)16(10-11)13(3)19-15-8-6-14(7-9-15)17(18)20/h4-10,13,19H,1-3H3,(H2,18,20). The van der Waals surface area contributed by atoms with Crippen molar-refractivity contribution in [1.82, 2.24) is 0 Å². The summed E-state index contributed by atoms with van der Waals surface area (Å²) in [7, 11) is 0. The predicted molar refractivity (Wildman–Crippen MR) is 82.9 cm³/mol. The Bertz CT molecular complexity index is 617. The van der Waals surface area contributed by atoms with Crippen LogP contribution < -0.4 is 11.1 Å². The molecule has 2 rings (SSSR count). The first-order chi connectivity index (χ1) is 9.47. The van der Waals surface area contributed by atoms with Crippen molar-refractivity contribution < 1.29 is 4.79 Å². The number of carbonyl (C=O) groups excluding carboxylic acids is 1. The van der Waals surface area contributed by atoms with Gasteiger partial charge in [-0.1, -0.05) is 23.8 Å². The molecule has 20 heavy (non-hydrogen) atoms. The Balaban J connectivity index is 2.16. The Kier molecular flexibility index (Phi) is 4.08. The van der Waals surface area contributed by atoms with Crippen molar-refractivity contribution in [2.24, 2.45) is 5.73 Å². The fourth-order valence-electron chi connectivity index (χ4n) is 2.28. The van der Waals surface area contributed by atoms with Crippen molar-refractivity contribution in [3.05, 3.63) is 64.7 Å². The summed E-state index contributed by atoms with van der Waals surface area (Å²) in [5.41, 5.74) is 10.5. The van der Waals surface area contributed by atoms with Crippen LogP contribution in [0.3, 0.4) is 0 Å². The molecule has 0 saturated heterocycles. The second-order valence-corrected chi connectivity index (χ2v) is 5.17. The zero-order valence-electron chi connectivity index (χ0n) is 12.1. The van der Waals surface area contributed by atoms with Crippen LogP contribution in [0.25, 0.3) is 0 Å². The summed E-state index contributed by atoms with van der Waals surface area (Å²) in [4.78, 5) is 11.0. The van der Waals surface area contributed by atoms with Crippen LogP contribution in [0.5, 0.6) is 0 Å². The quantitative estimate of drug-likeness (QED) is 0.890. The minimum Gasteiger partial charge on any atom is -0.379 e. The highest BCUT2D eigenvalue weighted by Gasteiger charge is 2.09. The van der Waals surface area contributed by atoms with E-state index in [2.05, 4.69) is 44.3 Å². The average Bonchev–Trinajstić information content (AvgIpc) is 2.42. The lowest BCUT2D eigenvalue weighted by atomic mass is 10.00. The van der Waals surface area contributed by atoms with E-state index in [0.29, 0.717) is 5.56 Å². The monoisotopic (exact) mass is 268 g/mol. The second-order valence-electron chi connectivity index (χ2n) is 5.17. The van der Waals surface area contributed by atoms with Gasteiger partial charge >= 0.3 is 0 Å². The zero-order chi connectivity index (χ0) is 14.7. The molecule has 3 nitrogen and oxygen atoms in total. The van der Waals surface area contributed by atoms with Crippen LogP contribution in [-0.4, -0.2) is 5.91 Å². The highest BCUT2D eigenvalue weighted by molar-refractivity contribution is 5.93. The number of carbonyl (C=O) groups is 1. The maximum atomic E-state index is 11.0. The van der Waals surface area contributed by atoms with Crippen molar-refractivity contribution in [3.63, 3.8) is 0 Å². The molecule has 0 fully saturated rings. The summed E-state index contributed by atoms with van der Waals surface area (Å²) in [5.74, 6) is -0.404. The van der Waals surface area contributed by atoms with Gasteiger partial charge in [0.15, 0.2) is 0 Å². The Hall–Kier alpha value is -2.29. The molecule has 0 aromatic heterocycles. The van der Waals surface area contributed by atoms with Crippen LogP contribution in [0.2, 0.25) is 0 Å². The van der Waals surface area contributed by atoms with Gasteiger partial charge in [0.1, 0.15) is 0 Å². The van der Waals surface area contributed by atoms with Gasteiger partial charge in [0.2, 0.25) is 5.91 Å². The van der Waals surface area contributed by atoms with Gasteiger partial charge in [-0.2, -0.15) is 0 Å². The van der Waals surface area contributed by atoms with Gasteiger partial charge in [-0.3, -0.25) is 4.79 Å². The number of aryl methyl sites for hydroxylation is 2. The first-order valence-corrected chi connectivity index (χ1v) is 6.71. The molecule has 3 heteroatoms. The molecule has 3 N–H and O–H groups in total. The van der Waals surface area contributed by atoms with Gasteiger partial charge in [0, 0.05) is 17.3 Å². The fraction of sp³-hybridized carbons (Fsp3) is 0.235. The number of hydrogen-bond acceptors (Lipinski definition) is 2. The minimum atomic E-state index is -0.404. The number of anilines is 1. The molecule has 1 unspecified atom stereocenters. The van der Waals surface area contributed by atoms with Crippen LogP contribution >= 0.6 is 0 Å². The largest absolute Gasteiger partial charge is 0.379 e. The Morgan fingerprint density at radius 3 is 2.35 bits per heavy atom. The molecule has 0 aliphatic carbocycles. The molecule has 0 heterocycles. The summed E-state index contributed by atoms with van der Waals surface area (Å²) in [6.07, 6.45) is 0. The van der Waals surface area contributed by atoms with E-state index in [-0.39, 0.29) is 6.04 Å². The third-order valence-corrected chi connectivity index (χ3v) is 3.45. The molecule has 104 valence electrons. The van der Waals surface area contributed by atoms with E-state index in [4.69, 9.17) is 5.73 Å². The van der Waals surface area contributed by atoms with Crippen LogP contribution in [-0.2, 0) is 0 Å². The normalized spacial score (nSPS) is 11.9. The smallest absolute Gasteiger partial charge is 0.248 e. The van der Waals surface area contributed by atoms with Crippen molar-refractivity contribution in [3.8, 4) is 0 Å². The number of hydrogen-bond donors (Lipinski definition) is 2. The van der Waals surface area contributed by atoms with Crippen molar-refractivity contribution in [1.29, 1.82) is 0 Å². The third-order valence-electron chi connectivity index (χ3n) is 3.45. The molecule has 0 spiro atoms. The molecule has 2 aromatic rings. The van der Waals surface area contributed by atoms with E-state index in [9.17, 15) is 4.79 Å². The molecular weight excluding hydrogens is 248 g/mol. The van der Waals surface area contributed by atoms with Crippen LogP contribution in [0, 0.1) is 13.8 Å². The Labute approximate surface area is 119 Å². The maximum absolute atomic E-state index is 11.0. The highest BCUT2D eigenvalue weighted by Crippen LogP contribution is 2.23. The van der Waals surface area contributed by atoms with Crippen LogP contribution in [0.1, 0.15) is 40.0 Å². The molecular formula is C17H20N2O. The van der Waals surface area contributed by atoms with E-state index in [1.54, 1.807) is 12.1 Å². The van der Waals surface area contributed by atoms with Crippen molar-refractivity contribution in [2.45, 2.75) is 26.8 Å². The van der Waals surface area contributed by atoms with Gasteiger partial charge in [-0.05, 0) is 56.2 Å². The van der Waals surface area contributed by atoms with Crippen molar-refractivity contribution >= 4 is 11.6 Å². The van der Waals surface area contributed by atoms with E-state index < -0.39 is 5.91 Å². The SMILES string of the molecule is Cc1ccc(C)c(C(C)Nc2ccc(C(N)=O)cc2)c1. The Morgan fingerprint density at radius 1 is 1.10 bits per heavy atom. The second kappa shape index (κ2) is 5.78. The van der Waals surface area contributed by atoms with E-state index in [1.165, 1.54) is 16.7 Å². The zero-order valence-corrected chi connectivity index (χ0v) is 12.1. The average molecular weight is 268 g/mol. The van der Waals surface area contributed by atoms with Gasteiger partial charge in [-0.15, -0.1) is 0 Å². The Morgan fingerprint density at radius 2 is 1.75 bits per heavy atom. The summed E-state index contributed by atoms with van der Waals surface area (Å²) in [5, 5.41) is 3.44. The molecule has 0 aliphatic rings. The minimum absolute atomic E-state index is 0.203. The van der Waals surface area contributed by atoms with Crippen LogP contribution in [0.15, 0.2) is 42.5 Å². The molecule has 0 aliphatic heterocycles. The fourth-order valence-corrected chi connectivity index (χ4v) is 2.28. The lowest BCUT2D eigenvalue weighted by molar-refractivity contribution is 0.100. The van der Waals surface area contributed by atoms with E-state index >= 15 is 0 Å². The number of primary amides is 1. The number of amides is 1. The topological polar surface area (TPSA) is 55.1 Å². The number of benzene rings is 2. The summed E-state index contributed by atoms with van der Waals surface area (Å²) in [6, 6.07) is 13.9. The lowest BCUT2D eigenvalue weighted by Gasteiger charge is -2.18. The van der Waals surface area contributed by atoms with Crippen molar-refractivity contribution in [2.75, 3.05) is 5.32 Å². The highest BCUT2D eigenvalue weighted by atomic mass is 16.1. The molecule has 1 amide bonds. The number of nitrogens with one attached hydrogen (secondary N) is 1. The molecule has 0 radical (unpaired) electrons. The molecule has 0 saturated carbocycles. The first-order valence-electron chi connectivity index (χ1n) is 6.71. The summed E-state index contributed by atoms with van der Waals surface area (Å²) in [6.45, 7) is 6.34. The van der Waals surface area contributed by atoms with Gasteiger partial charge in [0.25, 0.3) is 0 Å². The summed E-state index contributed by atoms with van der Waals surface area (Å²) >= 11 is 0. The number of rotatable bonds is 4. The van der Waals surface area contributed by atoms with Gasteiger partial charge in [0.05, 0.1) is 0 Å². The first kappa shape index (κ1) is 14.1. The molecule has 1 atom stereocenters. The predicted octanol–water partition coefficient (Wildman–Crippen LogP) is 3.58. The van der Waals surface area contributed by atoms with Gasteiger partial charge < -0.3 is 11.1 Å². The molecule has 2 aromatic carbocycles. The maximum Gasteiger partial charge on any atom is 0.248 e. The summed E-state index contributed by atoms with van der Waals surface area (Å²) < 4.78 is 0. The van der Waals surface area contributed by atoms with Crippen LogP contribution in [0.4, 0.5) is 5.69 Å². The molecule has 0 bridgehead atoms.